The number of benzene rings is 1. The van der Waals surface area contributed by atoms with Crippen LogP contribution < -0.4 is 4.74 Å². The fourth-order valence-corrected chi connectivity index (χ4v) is 4.24. The van der Waals surface area contributed by atoms with Crippen molar-refractivity contribution >= 4 is 23.5 Å². The van der Waals surface area contributed by atoms with E-state index < -0.39 is 24.1 Å². The number of esters is 2. The summed E-state index contributed by atoms with van der Waals surface area (Å²) in [6.07, 6.45) is 4.77. The summed E-state index contributed by atoms with van der Waals surface area (Å²) in [5.74, 6) is -0.0974. The highest BCUT2D eigenvalue weighted by atomic mass is 35.5. The first-order chi connectivity index (χ1) is 16.3. The van der Waals surface area contributed by atoms with Crippen LogP contribution in [0.3, 0.4) is 0 Å². The van der Waals surface area contributed by atoms with Crippen molar-refractivity contribution in [2.24, 2.45) is 0 Å². The van der Waals surface area contributed by atoms with Crippen molar-refractivity contribution in [2.75, 3.05) is 13.7 Å². The van der Waals surface area contributed by atoms with E-state index in [1.165, 1.54) is 6.92 Å². The van der Waals surface area contributed by atoms with Gasteiger partial charge in [-0.25, -0.2) is 0 Å². The second-order valence-corrected chi connectivity index (χ2v) is 9.08. The molecule has 1 aromatic carbocycles. The summed E-state index contributed by atoms with van der Waals surface area (Å²) in [7, 11) is 1.63. The molecule has 0 aliphatic carbocycles. The summed E-state index contributed by atoms with van der Waals surface area (Å²) in [6, 6.07) is 7.64. The molecule has 0 amide bonds. The first-order valence-electron chi connectivity index (χ1n) is 11.6. The van der Waals surface area contributed by atoms with Crippen molar-refractivity contribution in [1.82, 2.24) is 0 Å². The molecule has 2 aliphatic rings. The SMILES string of the molecule is COc1ccc(COC[C@@H]2O[C@H]3CC/C(Cl)=C/C/C=C(/C)[C@H](OC(C)=O)CC(=O)O[C@H]2C3)cc1. The molecule has 34 heavy (non-hydrogen) atoms. The third-order valence-corrected chi connectivity index (χ3v) is 6.27. The Hall–Kier alpha value is -2.35. The number of rotatable bonds is 6. The maximum absolute atomic E-state index is 12.7. The molecular weight excluding hydrogens is 460 g/mol. The van der Waals surface area contributed by atoms with Gasteiger partial charge in [-0.15, -0.1) is 0 Å². The molecular formula is C26H33ClO7. The average molecular weight is 493 g/mol. The minimum absolute atomic E-state index is 0.0556. The van der Waals surface area contributed by atoms with Crippen molar-refractivity contribution in [2.45, 2.75) is 77.0 Å². The van der Waals surface area contributed by atoms with Gasteiger partial charge in [0.25, 0.3) is 0 Å². The second kappa shape index (κ2) is 12.9. The largest absolute Gasteiger partial charge is 0.497 e. The summed E-state index contributed by atoms with van der Waals surface area (Å²) in [5, 5.41) is 0.751. The van der Waals surface area contributed by atoms with E-state index >= 15 is 0 Å². The van der Waals surface area contributed by atoms with Crippen LogP contribution in [0.25, 0.3) is 0 Å². The monoisotopic (exact) mass is 492 g/mol. The molecule has 2 bridgehead atoms. The number of hydrogen-bond acceptors (Lipinski definition) is 7. The maximum Gasteiger partial charge on any atom is 0.310 e. The van der Waals surface area contributed by atoms with Crippen LogP contribution in [-0.4, -0.2) is 50.1 Å². The number of hydrogen-bond donors (Lipinski definition) is 0. The molecule has 0 spiro atoms. The number of methoxy groups -OCH3 is 1. The third-order valence-electron chi connectivity index (χ3n) is 5.92. The Morgan fingerprint density at radius 2 is 1.97 bits per heavy atom. The normalized spacial score (nSPS) is 29.1. The van der Waals surface area contributed by atoms with Crippen LogP contribution in [0.15, 0.2) is 47.0 Å². The van der Waals surface area contributed by atoms with Crippen molar-refractivity contribution < 1.29 is 33.3 Å². The molecule has 2 aliphatic heterocycles. The molecule has 0 N–H and O–H groups in total. The zero-order valence-electron chi connectivity index (χ0n) is 20.0. The highest BCUT2D eigenvalue weighted by molar-refractivity contribution is 6.29. The molecule has 2 heterocycles. The van der Waals surface area contributed by atoms with E-state index in [-0.39, 0.29) is 25.2 Å². The van der Waals surface area contributed by atoms with Gasteiger partial charge in [0.15, 0.2) is 0 Å². The Morgan fingerprint density at radius 1 is 1.21 bits per heavy atom. The predicted octanol–water partition coefficient (Wildman–Crippen LogP) is 4.86. The van der Waals surface area contributed by atoms with Crippen LogP contribution in [0, 0.1) is 0 Å². The molecule has 1 aromatic rings. The molecule has 4 atom stereocenters. The molecule has 1 fully saturated rings. The highest BCUT2D eigenvalue weighted by Gasteiger charge is 2.38. The average Bonchev–Trinajstić information content (AvgIpc) is 3.18. The lowest BCUT2D eigenvalue weighted by atomic mass is 10.0. The zero-order valence-corrected chi connectivity index (χ0v) is 20.7. The summed E-state index contributed by atoms with van der Waals surface area (Å²) in [6.45, 7) is 3.85. The number of allylic oxidation sites excluding steroid dienone is 3. The lowest BCUT2D eigenvalue weighted by Gasteiger charge is -2.21. The second-order valence-electron chi connectivity index (χ2n) is 8.60. The van der Waals surface area contributed by atoms with Gasteiger partial charge in [0.1, 0.15) is 24.1 Å². The first kappa shape index (κ1) is 26.3. The van der Waals surface area contributed by atoms with Crippen molar-refractivity contribution in [3.63, 3.8) is 0 Å². The molecule has 0 saturated carbocycles. The van der Waals surface area contributed by atoms with Gasteiger partial charge < -0.3 is 23.7 Å². The molecule has 186 valence electrons. The number of carbonyl (C=O) groups excluding carboxylic acids is 2. The molecule has 0 aromatic heterocycles. The van der Waals surface area contributed by atoms with E-state index in [0.717, 1.165) is 28.3 Å². The van der Waals surface area contributed by atoms with E-state index in [1.807, 2.05) is 43.3 Å². The Balaban J connectivity index is 1.66. The van der Waals surface area contributed by atoms with Gasteiger partial charge in [-0.3, -0.25) is 9.59 Å². The van der Waals surface area contributed by atoms with E-state index in [2.05, 4.69) is 0 Å². The minimum Gasteiger partial charge on any atom is -0.497 e. The standard InChI is InChI=1S/C26H33ClO7/c1-17-5-4-6-20(27)9-12-22-13-24(34-26(29)14-23(17)32-18(2)28)25(33-22)16-31-15-19-7-10-21(30-3)11-8-19/h5-8,10-11,22-25H,4,9,12-16H2,1-3H3/b17-5-,20-6-/t22-,23+,24-,25-/m0/s1. The zero-order chi connectivity index (χ0) is 24.5. The topological polar surface area (TPSA) is 80.3 Å². The van der Waals surface area contributed by atoms with Crippen molar-refractivity contribution in [3.05, 3.63) is 52.6 Å². The predicted molar refractivity (Wildman–Crippen MR) is 128 cm³/mol. The Morgan fingerprint density at radius 3 is 2.68 bits per heavy atom. The maximum atomic E-state index is 12.7. The van der Waals surface area contributed by atoms with Gasteiger partial charge >= 0.3 is 11.9 Å². The van der Waals surface area contributed by atoms with Gasteiger partial charge in [-0.2, -0.15) is 0 Å². The van der Waals surface area contributed by atoms with Gasteiger partial charge in [0.2, 0.25) is 0 Å². The smallest absolute Gasteiger partial charge is 0.310 e. The molecule has 8 heteroatoms. The molecule has 3 rings (SSSR count). The molecule has 0 radical (unpaired) electrons. The number of ether oxygens (including phenoxy) is 5. The summed E-state index contributed by atoms with van der Waals surface area (Å²) >= 11 is 6.40. The van der Waals surface area contributed by atoms with Crippen molar-refractivity contribution in [3.8, 4) is 5.75 Å². The number of fused-ring (bicyclic) bond motifs is 2. The first-order valence-corrected chi connectivity index (χ1v) is 12.0. The number of halogens is 1. The Kier molecular flexibility index (Phi) is 9.99. The van der Waals surface area contributed by atoms with Gasteiger partial charge in [-0.1, -0.05) is 35.9 Å². The summed E-state index contributed by atoms with van der Waals surface area (Å²) < 4.78 is 28.4. The van der Waals surface area contributed by atoms with Crippen LogP contribution in [0.1, 0.15) is 51.5 Å². The molecule has 0 unspecified atom stereocenters. The fourth-order valence-electron chi connectivity index (χ4n) is 4.04. The lowest BCUT2D eigenvalue weighted by Crippen LogP contribution is -2.33. The molecule has 7 nitrogen and oxygen atoms in total. The fraction of sp³-hybridized carbons (Fsp3) is 0.538. The number of carbonyl (C=O) groups is 2. The van der Waals surface area contributed by atoms with E-state index in [0.29, 0.717) is 25.9 Å². The van der Waals surface area contributed by atoms with Crippen LogP contribution in [0.2, 0.25) is 0 Å². The third kappa shape index (κ3) is 8.15. The summed E-state index contributed by atoms with van der Waals surface area (Å²) in [4.78, 5) is 24.3. The lowest BCUT2D eigenvalue weighted by molar-refractivity contribution is -0.158. The minimum atomic E-state index is -0.678. The molecule has 1 saturated heterocycles. The van der Waals surface area contributed by atoms with Crippen LogP contribution in [0.5, 0.6) is 5.75 Å². The van der Waals surface area contributed by atoms with E-state index in [9.17, 15) is 9.59 Å². The van der Waals surface area contributed by atoms with Crippen molar-refractivity contribution in [1.29, 1.82) is 0 Å². The quantitative estimate of drug-likeness (QED) is 0.414. The van der Waals surface area contributed by atoms with E-state index in [4.69, 9.17) is 35.3 Å². The van der Waals surface area contributed by atoms with Gasteiger partial charge in [0.05, 0.1) is 32.8 Å². The van der Waals surface area contributed by atoms with Crippen LogP contribution in [-0.2, 0) is 35.1 Å². The Bertz CT molecular complexity index is 893. The van der Waals surface area contributed by atoms with Crippen LogP contribution >= 0.6 is 11.6 Å². The van der Waals surface area contributed by atoms with Gasteiger partial charge in [-0.05, 0) is 49.5 Å². The van der Waals surface area contributed by atoms with E-state index in [1.54, 1.807) is 7.11 Å². The Labute approximate surface area is 206 Å². The van der Waals surface area contributed by atoms with Crippen LogP contribution in [0.4, 0.5) is 0 Å². The summed E-state index contributed by atoms with van der Waals surface area (Å²) in [5.41, 5.74) is 1.79. The van der Waals surface area contributed by atoms with Gasteiger partial charge in [0, 0.05) is 18.4 Å². The highest BCUT2D eigenvalue weighted by Crippen LogP contribution is 2.30.